The van der Waals surface area contributed by atoms with E-state index in [-0.39, 0.29) is 10.7 Å². The molecule has 0 spiro atoms. The zero-order chi connectivity index (χ0) is 13.3. The molecule has 2 rings (SSSR count). The number of halogens is 1. The summed E-state index contributed by atoms with van der Waals surface area (Å²) in [7, 11) is 0. The third kappa shape index (κ3) is 2.23. The van der Waals surface area contributed by atoms with Crippen LogP contribution in [0, 0.1) is 6.92 Å². The second-order valence-electron chi connectivity index (χ2n) is 3.67. The molecule has 94 valence electrons. The van der Waals surface area contributed by atoms with E-state index in [4.69, 9.17) is 16.7 Å². The van der Waals surface area contributed by atoms with Gasteiger partial charge in [0, 0.05) is 4.90 Å². The van der Waals surface area contributed by atoms with Crippen molar-refractivity contribution in [3.63, 3.8) is 0 Å². The molecule has 0 aliphatic heterocycles. The Hall–Kier alpha value is -1.46. The Morgan fingerprint density at radius 3 is 2.78 bits per heavy atom. The Labute approximate surface area is 114 Å². The molecule has 0 saturated carbocycles. The fourth-order valence-corrected chi connectivity index (χ4v) is 2.46. The van der Waals surface area contributed by atoms with E-state index < -0.39 is 5.97 Å². The van der Waals surface area contributed by atoms with Gasteiger partial charge in [-0.05, 0) is 31.4 Å². The quantitative estimate of drug-likeness (QED) is 0.878. The molecule has 0 radical (unpaired) electrons. The normalized spacial score (nSPS) is 10.6. The number of thioether (sulfide) groups is 1. The molecule has 18 heavy (non-hydrogen) atoms. The Bertz CT molecular complexity index is 610. The van der Waals surface area contributed by atoms with Gasteiger partial charge in [0.1, 0.15) is 10.7 Å². The molecule has 4 nitrogen and oxygen atoms in total. The lowest BCUT2D eigenvalue weighted by atomic mass is 10.3. The van der Waals surface area contributed by atoms with Gasteiger partial charge in [-0.15, -0.1) is 11.8 Å². The number of aryl methyl sites for hydroxylation is 1. The van der Waals surface area contributed by atoms with E-state index in [9.17, 15) is 4.79 Å². The Balaban J connectivity index is 2.57. The van der Waals surface area contributed by atoms with Gasteiger partial charge in [-0.25, -0.2) is 9.48 Å². The van der Waals surface area contributed by atoms with Gasteiger partial charge in [0.2, 0.25) is 0 Å². The van der Waals surface area contributed by atoms with Crippen LogP contribution in [0.25, 0.3) is 5.69 Å². The zero-order valence-electron chi connectivity index (χ0n) is 9.85. The summed E-state index contributed by atoms with van der Waals surface area (Å²) in [4.78, 5) is 12.1. The summed E-state index contributed by atoms with van der Waals surface area (Å²) in [5, 5.41) is 13.4. The maximum atomic E-state index is 11.1. The molecule has 0 saturated heterocycles. The van der Waals surface area contributed by atoms with Gasteiger partial charge in [-0.3, -0.25) is 0 Å². The Kier molecular flexibility index (Phi) is 3.63. The monoisotopic (exact) mass is 282 g/mol. The number of carboxylic acid groups (broad SMARTS) is 1. The maximum Gasteiger partial charge on any atom is 0.340 e. The van der Waals surface area contributed by atoms with Crippen molar-refractivity contribution in [1.29, 1.82) is 0 Å². The average molecular weight is 283 g/mol. The van der Waals surface area contributed by atoms with Crippen molar-refractivity contribution >= 4 is 29.3 Å². The van der Waals surface area contributed by atoms with Crippen molar-refractivity contribution in [3.8, 4) is 5.69 Å². The van der Waals surface area contributed by atoms with Gasteiger partial charge in [-0.2, -0.15) is 5.10 Å². The van der Waals surface area contributed by atoms with Crippen LogP contribution in [0.3, 0.4) is 0 Å². The van der Waals surface area contributed by atoms with Gasteiger partial charge >= 0.3 is 5.97 Å². The van der Waals surface area contributed by atoms with Crippen molar-refractivity contribution in [2.45, 2.75) is 11.8 Å². The van der Waals surface area contributed by atoms with Gasteiger partial charge in [0.15, 0.2) is 0 Å². The van der Waals surface area contributed by atoms with Crippen LogP contribution in [-0.2, 0) is 0 Å². The molecule has 0 aliphatic rings. The van der Waals surface area contributed by atoms with Crippen molar-refractivity contribution < 1.29 is 9.90 Å². The lowest BCUT2D eigenvalue weighted by Crippen LogP contribution is -1.99. The minimum absolute atomic E-state index is 0.0474. The molecular weight excluding hydrogens is 272 g/mol. The molecule has 0 aliphatic carbocycles. The van der Waals surface area contributed by atoms with Crippen LogP contribution in [0.15, 0.2) is 29.2 Å². The summed E-state index contributed by atoms with van der Waals surface area (Å²) in [6.45, 7) is 1.63. The van der Waals surface area contributed by atoms with Crippen molar-refractivity contribution in [1.82, 2.24) is 9.78 Å². The molecule has 0 bridgehead atoms. The second-order valence-corrected chi connectivity index (χ2v) is 4.91. The third-order valence-corrected chi connectivity index (χ3v) is 3.59. The molecular formula is C12H11ClN2O2S. The standard InChI is InChI=1S/C12H11ClN2O2S/c1-7-10(12(16)17)11(13)15(14-7)8-4-3-5-9(6-8)18-2/h3-6H,1-2H3,(H,16,17). The number of carbonyl (C=O) groups is 1. The van der Waals surface area contributed by atoms with E-state index >= 15 is 0 Å². The van der Waals surface area contributed by atoms with Crippen LogP contribution in [0.2, 0.25) is 5.15 Å². The molecule has 0 atom stereocenters. The summed E-state index contributed by atoms with van der Waals surface area (Å²) < 4.78 is 1.44. The van der Waals surface area contributed by atoms with Gasteiger partial charge in [-0.1, -0.05) is 17.7 Å². The number of aromatic carboxylic acids is 1. The van der Waals surface area contributed by atoms with Crippen LogP contribution in [0.5, 0.6) is 0 Å². The topological polar surface area (TPSA) is 55.1 Å². The van der Waals surface area contributed by atoms with Crippen LogP contribution >= 0.6 is 23.4 Å². The first-order chi connectivity index (χ1) is 8.54. The van der Waals surface area contributed by atoms with Gasteiger partial charge in [0.25, 0.3) is 0 Å². The van der Waals surface area contributed by atoms with Crippen molar-refractivity contribution in [3.05, 3.63) is 40.7 Å². The van der Waals surface area contributed by atoms with E-state index in [0.29, 0.717) is 5.69 Å². The first-order valence-electron chi connectivity index (χ1n) is 5.17. The van der Waals surface area contributed by atoms with E-state index in [2.05, 4.69) is 5.10 Å². The molecule has 6 heteroatoms. The fraction of sp³-hybridized carbons (Fsp3) is 0.167. The van der Waals surface area contributed by atoms with E-state index in [1.165, 1.54) is 4.68 Å². The molecule has 1 aromatic heterocycles. The van der Waals surface area contributed by atoms with Crippen LogP contribution in [-0.4, -0.2) is 27.1 Å². The number of hydrogen-bond donors (Lipinski definition) is 1. The lowest BCUT2D eigenvalue weighted by molar-refractivity contribution is 0.0696. The summed E-state index contributed by atoms with van der Waals surface area (Å²) >= 11 is 7.67. The van der Waals surface area contributed by atoms with Crippen molar-refractivity contribution in [2.75, 3.05) is 6.26 Å². The number of aromatic nitrogens is 2. The average Bonchev–Trinajstić information content (AvgIpc) is 2.65. The number of rotatable bonds is 3. The fourth-order valence-electron chi connectivity index (χ4n) is 1.66. The van der Waals surface area contributed by atoms with Crippen LogP contribution < -0.4 is 0 Å². The number of nitrogens with zero attached hydrogens (tertiary/aromatic N) is 2. The third-order valence-electron chi connectivity index (χ3n) is 2.52. The van der Waals surface area contributed by atoms with Crippen LogP contribution in [0.4, 0.5) is 0 Å². The smallest absolute Gasteiger partial charge is 0.340 e. The first kappa shape index (κ1) is 13.0. The Morgan fingerprint density at radius 2 is 2.22 bits per heavy atom. The van der Waals surface area contributed by atoms with Crippen LogP contribution in [0.1, 0.15) is 16.1 Å². The van der Waals surface area contributed by atoms with E-state index in [1.807, 2.05) is 30.5 Å². The van der Waals surface area contributed by atoms with Gasteiger partial charge < -0.3 is 5.11 Å². The summed E-state index contributed by atoms with van der Waals surface area (Å²) in [5.41, 5.74) is 1.20. The van der Waals surface area contributed by atoms with E-state index in [1.54, 1.807) is 18.7 Å². The highest BCUT2D eigenvalue weighted by Crippen LogP contribution is 2.25. The molecule has 0 fully saturated rings. The largest absolute Gasteiger partial charge is 0.478 e. The number of carboxylic acids is 1. The second kappa shape index (κ2) is 5.04. The SMILES string of the molecule is CSc1cccc(-n2nc(C)c(C(=O)O)c2Cl)c1. The van der Waals surface area contributed by atoms with Gasteiger partial charge in [0.05, 0.1) is 11.4 Å². The molecule has 1 N–H and O–H groups in total. The highest BCUT2D eigenvalue weighted by atomic mass is 35.5. The lowest BCUT2D eigenvalue weighted by Gasteiger charge is -2.04. The maximum absolute atomic E-state index is 11.1. The van der Waals surface area contributed by atoms with E-state index in [0.717, 1.165) is 10.6 Å². The molecule has 1 aromatic carbocycles. The minimum Gasteiger partial charge on any atom is -0.478 e. The Morgan fingerprint density at radius 1 is 1.50 bits per heavy atom. The predicted molar refractivity (Wildman–Crippen MR) is 72.1 cm³/mol. The zero-order valence-corrected chi connectivity index (χ0v) is 11.4. The highest BCUT2D eigenvalue weighted by Gasteiger charge is 2.20. The highest BCUT2D eigenvalue weighted by molar-refractivity contribution is 7.98. The number of benzene rings is 1. The molecule has 0 unspecified atom stereocenters. The summed E-state index contributed by atoms with van der Waals surface area (Å²) in [5.74, 6) is -1.07. The minimum atomic E-state index is -1.07. The summed E-state index contributed by atoms with van der Waals surface area (Å²) in [6.07, 6.45) is 1.97. The molecule has 0 amide bonds. The summed E-state index contributed by atoms with van der Waals surface area (Å²) in [6, 6.07) is 7.60. The van der Waals surface area contributed by atoms with Crippen molar-refractivity contribution in [2.24, 2.45) is 0 Å². The number of hydrogen-bond acceptors (Lipinski definition) is 3. The molecule has 1 heterocycles. The predicted octanol–water partition coefficient (Wildman–Crippen LogP) is 3.25. The molecule has 2 aromatic rings. The first-order valence-corrected chi connectivity index (χ1v) is 6.77.